The molecule has 2 unspecified atom stereocenters. The summed E-state index contributed by atoms with van der Waals surface area (Å²) in [5.41, 5.74) is 0.124. The number of esters is 2. The SMILES string of the molecule is C=C(C)C(=O)OCC(C(=O)O)C(=O)OCC1CO1. The second-order valence-electron chi connectivity index (χ2n) is 3.85. The van der Waals surface area contributed by atoms with Crippen LogP contribution in [0.3, 0.4) is 0 Å². The van der Waals surface area contributed by atoms with Gasteiger partial charge in [-0.3, -0.25) is 9.59 Å². The predicted molar refractivity (Wildman–Crippen MR) is 57.6 cm³/mol. The zero-order chi connectivity index (χ0) is 13.7. The first kappa shape index (κ1) is 14.2. The molecule has 18 heavy (non-hydrogen) atoms. The topological polar surface area (TPSA) is 102 Å². The maximum Gasteiger partial charge on any atom is 0.333 e. The molecule has 1 aliphatic heterocycles. The zero-order valence-electron chi connectivity index (χ0n) is 9.88. The van der Waals surface area contributed by atoms with Crippen LogP contribution < -0.4 is 0 Å². The first-order chi connectivity index (χ1) is 8.41. The van der Waals surface area contributed by atoms with Gasteiger partial charge in [-0.15, -0.1) is 0 Å². The largest absolute Gasteiger partial charge is 0.481 e. The molecule has 0 aromatic carbocycles. The Bertz CT molecular complexity index is 370. The summed E-state index contributed by atoms with van der Waals surface area (Å²) in [6, 6.07) is 0. The fourth-order valence-electron chi connectivity index (χ4n) is 0.962. The Labute approximate surface area is 103 Å². The predicted octanol–water partition coefficient (Wildman–Crippen LogP) is -0.252. The first-order valence-corrected chi connectivity index (χ1v) is 5.25. The minimum atomic E-state index is -1.54. The number of carboxylic acids is 1. The summed E-state index contributed by atoms with van der Waals surface area (Å²) in [5.74, 6) is -4.65. The van der Waals surface area contributed by atoms with E-state index in [9.17, 15) is 14.4 Å². The van der Waals surface area contributed by atoms with E-state index in [0.29, 0.717) is 6.61 Å². The molecular weight excluding hydrogens is 244 g/mol. The maximum atomic E-state index is 11.4. The van der Waals surface area contributed by atoms with E-state index in [4.69, 9.17) is 14.6 Å². The van der Waals surface area contributed by atoms with Gasteiger partial charge in [0.05, 0.1) is 6.61 Å². The number of ether oxygens (including phenoxy) is 3. The summed E-state index contributed by atoms with van der Waals surface area (Å²) < 4.78 is 14.1. The van der Waals surface area contributed by atoms with Crippen LogP contribution in [-0.4, -0.2) is 48.9 Å². The molecule has 0 saturated carbocycles. The number of carbonyl (C=O) groups is 3. The van der Waals surface area contributed by atoms with E-state index < -0.39 is 30.4 Å². The van der Waals surface area contributed by atoms with Crippen molar-refractivity contribution in [1.82, 2.24) is 0 Å². The summed E-state index contributed by atoms with van der Waals surface area (Å²) in [5, 5.41) is 8.83. The van der Waals surface area contributed by atoms with Crippen LogP contribution in [0.4, 0.5) is 0 Å². The average molecular weight is 258 g/mol. The number of aliphatic carboxylic acids is 1. The van der Waals surface area contributed by atoms with E-state index in [0.717, 1.165) is 0 Å². The molecule has 7 heteroatoms. The lowest BCUT2D eigenvalue weighted by atomic mass is 10.1. The molecule has 0 aromatic heterocycles. The molecule has 1 heterocycles. The molecule has 0 bridgehead atoms. The maximum absolute atomic E-state index is 11.4. The lowest BCUT2D eigenvalue weighted by molar-refractivity contribution is -0.163. The molecule has 0 aliphatic carbocycles. The number of carbonyl (C=O) groups excluding carboxylic acids is 2. The quantitative estimate of drug-likeness (QED) is 0.290. The van der Waals surface area contributed by atoms with Crippen LogP contribution in [-0.2, 0) is 28.6 Å². The van der Waals surface area contributed by atoms with Gasteiger partial charge >= 0.3 is 17.9 Å². The van der Waals surface area contributed by atoms with Gasteiger partial charge in [-0.05, 0) is 6.92 Å². The van der Waals surface area contributed by atoms with E-state index in [1.807, 2.05) is 0 Å². The minimum absolute atomic E-state index is 0.0110. The van der Waals surface area contributed by atoms with Crippen molar-refractivity contribution in [2.24, 2.45) is 5.92 Å². The normalized spacial score (nSPS) is 18.6. The molecule has 0 radical (unpaired) electrons. The molecule has 2 atom stereocenters. The molecule has 1 aliphatic rings. The lowest BCUT2D eigenvalue weighted by Crippen LogP contribution is -2.32. The van der Waals surface area contributed by atoms with Crippen LogP contribution in [0.5, 0.6) is 0 Å². The summed E-state index contributed by atoms with van der Waals surface area (Å²) in [4.78, 5) is 33.3. The first-order valence-electron chi connectivity index (χ1n) is 5.25. The monoisotopic (exact) mass is 258 g/mol. The molecule has 0 spiro atoms. The number of hydrogen-bond acceptors (Lipinski definition) is 6. The molecule has 100 valence electrons. The molecule has 0 amide bonds. The van der Waals surface area contributed by atoms with E-state index in [-0.39, 0.29) is 18.3 Å². The molecule has 1 saturated heterocycles. The molecule has 0 aromatic rings. The van der Waals surface area contributed by atoms with Crippen molar-refractivity contribution in [3.8, 4) is 0 Å². The van der Waals surface area contributed by atoms with Crippen LogP contribution >= 0.6 is 0 Å². The highest BCUT2D eigenvalue weighted by Crippen LogP contribution is 2.11. The number of epoxide rings is 1. The average Bonchev–Trinajstić information content (AvgIpc) is 3.09. The molecule has 7 nitrogen and oxygen atoms in total. The molecule has 1 fully saturated rings. The van der Waals surface area contributed by atoms with Crippen LogP contribution in [0.15, 0.2) is 12.2 Å². The van der Waals surface area contributed by atoms with Gasteiger partial charge in [-0.2, -0.15) is 0 Å². The van der Waals surface area contributed by atoms with Crippen molar-refractivity contribution in [2.45, 2.75) is 13.0 Å². The van der Waals surface area contributed by atoms with Crippen molar-refractivity contribution in [3.05, 3.63) is 12.2 Å². The second-order valence-corrected chi connectivity index (χ2v) is 3.85. The highest BCUT2D eigenvalue weighted by Gasteiger charge is 2.32. The summed E-state index contributed by atoms with van der Waals surface area (Å²) in [6.07, 6.45) is -0.152. The summed E-state index contributed by atoms with van der Waals surface area (Å²) in [6.45, 7) is 4.68. The Morgan fingerprint density at radius 3 is 2.50 bits per heavy atom. The Kier molecular flexibility index (Phi) is 4.85. The van der Waals surface area contributed by atoms with Crippen molar-refractivity contribution in [3.63, 3.8) is 0 Å². The van der Waals surface area contributed by atoms with Gasteiger partial charge < -0.3 is 19.3 Å². The van der Waals surface area contributed by atoms with Crippen LogP contribution in [0.2, 0.25) is 0 Å². The smallest absolute Gasteiger partial charge is 0.333 e. The Balaban J connectivity index is 2.42. The number of rotatable bonds is 7. The van der Waals surface area contributed by atoms with Crippen molar-refractivity contribution in [2.75, 3.05) is 19.8 Å². The zero-order valence-corrected chi connectivity index (χ0v) is 9.88. The van der Waals surface area contributed by atoms with Gasteiger partial charge in [0.15, 0.2) is 5.92 Å². The Hall–Kier alpha value is -1.89. The number of carboxylic acid groups (broad SMARTS) is 1. The highest BCUT2D eigenvalue weighted by molar-refractivity contribution is 5.94. The molecular formula is C11H14O7. The third-order valence-corrected chi connectivity index (χ3v) is 2.13. The fourth-order valence-corrected chi connectivity index (χ4v) is 0.962. The van der Waals surface area contributed by atoms with Gasteiger partial charge in [-0.25, -0.2) is 4.79 Å². The van der Waals surface area contributed by atoms with Crippen LogP contribution in [0, 0.1) is 5.92 Å². The number of hydrogen-bond donors (Lipinski definition) is 1. The van der Waals surface area contributed by atoms with Gasteiger partial charge in [0.2, 0.25) is 0 Å². The molecule has 1 N–H and O–H groups in total. The summed E-state index contributed by atoms with van der Waals surface area (Å²) >= 11 is 0. The lowest BCUT2D eigenvalue weighted by Gasteiger charge is -2.12. The Morgan fingerprint density at radius 2 is 2.06 bits per heavy atom. The third-order valence-electron chi connectivity index (χ3n) is 2.13. The van der Waals surface area contributed by atoms with Gasteiger partial charge in [0, 0.05) is 5.57 Å². The van der Waals surface area contributed by atoms with Crippen molar-refractivity contribution >= 4 is 17.9 Å². The van der Waals surface area contributed by atoms with Crippen molar-refractivity contribution < 1.29 is 33.7 Å². The van der Waals surface area contributed by atoms with E-state index in [1.165, 1.54) is 6.92 Å². The van der Waals surface area contributed by atoms with Crippen LogP contribution in [0.1, 0.15) is 6.92 Å². The van der Waals surface area contributed by atoms with E-state index in [1.54, 1.807) is 0 Å². The van der Waals surface area contributed by atoms with Gasteiger partial charge in [0.25, 0.3) is 0 Å². The second kappa shape index (κ2) is 6.15. The summed E-state index contributed by atoms with van der Waals surface area (Å²) in [7, 11) is 0. The third kappa shape index (κ3) is 4.54. The minimum Gasteiger partial charge on any atom is -0.481 e. The fraction of sp³-hybridized carbons (Fsp3) is 0.545. The highest BCUT2D eigenvalue weighted by atomic mass is 16.6. The molecule has 1 rings (SSSR count). The van der Waals surface area contributed by atoms with Gasteiger partial charge in [-0.1, -0.05) is 6.58 Å². The van der Waals surface area contributed by atoms with Crippen molar-refractivity contribution in [1.29, 1.82) is 0 Å². The standard InChI is InChI=1S/C11H14O7/c1-6(2)10(14)18-5-8(9(12)13)11(15)17-4-7-3-16-7/h7-8H,1,3-5H2,2H3,(H,12,13). The van der Waals surface area contributed by atoms with E-state index in [2.05, 4.69) is 11.3 Å². The van der Waals surface area contributed by atoms with Gasteiger partial charge in [0.1, 0.15) is 19.3 Å². The Morgan fingerprint density at radius 1 is 1.44 bits per heavy atom. The van der Waals surface area contributed by atoms with Crippen LogP contribution in [0.25, 0.3) is 0 Å². The van der Waals surface area contributed by atoms with E-state index >= 15 is 0 Å².